The average molecular weight is 338 g/mol. The van der Waals surface area contributed by atoms with E-state index < -0.39 is 17.7 Å². The van der Waals surface area contributed by atoms with Crippen molar-refractivity contribution >= 4 is 23.5 Å². The molecule has 124 valence electrons. The normalized spacial score (nSPS) is 23.2. The topological polar surface area (TPSA) is 66.8 Å². The van der Waals surface area contributed by atoms with Crippen molar-refractivity contribution in [2.45, 2.75) is 50.3 Å². The lowest BCUT2D eigenvalue weighted by Gasteiger charge is -2.41. The number of carboxylic acids is 1. The first-order valence-corrected chi connectivity index (χ1v) is 8.33. The van der Waals surface area contributed by atoms with Gasteiger partial charge in [0.15, 0.2) is 6.04 Å². The number of aliphatic carboxylic acids is 1. The van der Waals surface area contributed by atoms with Crippen LogP contribution < -0.4 is 0 Å². The lowest BCUT2D eigenvalue weighted by atomic mass is 9.89. The summed E-state index contributed by atoms with van der Waals surface area (Å²) in [5, 5.41) is 10.1. The first-order chi connectivity index (χ1) is 11.0. The summed E-state index contributed by atoms with van der Waals surface area (Å²) in [6.07, 6.45) is 4.59. The second-order valence-corrected chi connectivity index (χ2v) is 6.68. The summed E-state index contributed by atoms with van der Waals surface area (Å²) in [5.41, 5.74) is 0.0894. The Hall–Kier alpha value is -1.59. The maximum atomic E-state index is 12.8. The van der Waals surface area contributed by atoms with Gasteiger partial charge in [0, 0.05) is 5.02 Å². The smallest absolute Gasteiger partial charge is 0.328 e. The molecular formula is C17H20ClNO4. The largest absolute Gasteiger partial charge is 0.480 e. The first kappa shape index (κ1) is 16.3. The fraction of sp³-hybridized carbons (Fsp3) is 0.529. The zero-order valence-electron chi connectivity index (χ0n) is 12.8. The lowest BCUT2D eigenvalue weighted by molar-refractivity contribution is -0.163. The minimum Gasteiger partial charge on any atom is -0.480 e. The highest BCUT2D eigenvalue weighted by Crippen LogP contribution is 2.40. The number of hydrogen-bond acceptors (Lipinski definition) is 3. The minimum absolute atomic E-state index is 0.0711. The van der Waals surface area contributed by atoms with Crippen LogP contribution in [0.15, 0.2) is 24.3 Å². The molecule has 23 heavy (non-hydrogen) atoms. The molecule has 1 aromatic rings. The molecule has 2 aliphatic rings. The fourth-order valence-corrected chi connectivity index (χ4v) is 3.72. The number of benzene rings is 1. The predicted octanol–water partition coefficient (Wildman–Crippen LogP) is 2.85. The van der Waals surface area contributed by atoms with Crippen LogP contribution >= 0.6 is 11.6 Å². The molecule has 0 radical (unpaired) electrons. The summed E-state index contributed by atoms with van der Waals surface area (Å²) in [4.78, 5) is 25.9. The molecule has 1 aromatic carbocycles. The third-order valence-corrected chi connectivity index (χ3v) is 4.97. The standard InChI is InChI=1S/C17H20ClNO4/c18-13-6-4-12(5-7-13)10-15(20)19-14(16(21)22)11-23-17(19)8-2-1-3-9-17/h4-7,14H,1-3,8-11H2,(H,21,22)/t14-/m1/s1. The van der Waals surface area contributed by atoms with Crippen molar-refractivity contribution in [2.75, 3.05) is 6.61 Å². The molecule has 1 saturated heterocycles. The van der Waals surface area contributed by atoms with Gasteiger partial charge in [0.2, 0.25) is 5.91 Å². The Balaban J connectivity index is 1.83. The van der Waals surface area contributed by atoms with Crippen LogP contribution in [0, 0.1) is 0 Å². The molecule has 1 aliphatic carbocycles. The number of ether oxygens (including phenoxy) is 1. The van der Waals surface area contributed by atoms with Crippen molar-refractivity contribution in [3.8, 4) is 0 Å². The van der Waals surface area contributed by atoms with E-state index in [2.05, 4.69) is 0 Å². The SMILES string of the molecule is O=C(O)[C@H]1COC2(CCCCC2)N1C(=O)Cc1ccc(Cl)cc1. The van der Waals surface area contributed by atoms with E-state index in [4.69, 9.17) is 16.3 Å². The number of rotatable bonds is 3. The van der Waals surface area contributed by atoms with Gasteiger partial charge in [0.1, 0.15) is 5.72 Å². The van der Waals surface area contributed by atoms with Crippen molar-refractivity contribution in [1.82, 2.24) is 4.90 Å². The van der Waals surface area contributed by atoms with Crippen LogP contribution in [0.25, 0.3) is 0 Å². The van der Waals surface area contributed by atoms with Crippen molar-refractivity contribution in [3.05, 3.63) is 34.9 Å². The van der Waals surface area contributed by atoms with Crippen LogP contribution in [0.2, 0.25) is 5.02 Å². The maximum absolute atomic E-state index is 12.8. The van der Waals surface area contributed by atoms with Gasteiger partial charge < -0.3 is 9.84 Å². The molecule has 0 aromatic heterocycles. The zero-order valence-corrected chi connectivity index (χ0v) is 13.6. The van der Waals surface area contributed by atoms with Crippen LogP contribution in [0.5, 0.6) is 0 Å². The van der Waals surface area contributed by atoms with Crippen LogP contribution in [0.3, 0.4) is 0 Å². The molecule has 1 N–H and O–H groups in total. The molecule has 5 nitrogen and oxygen atoms in total. The Morgan fingerprint density at radius 2 is 1.87 bits per heavy atom. The molecule has 1 atom stereocenters. The van der Waals surface area contributed by atoms with E-state index >= 15 is 0 Å². The van der Waals surface area contributed by atoms with Gasteiger partial charge in [-0.1, -0.05) is 30.2 Å². The molecule has 1 aliphatic heterocycles. The molecule has 6 heteroatoms. The second kappa shape index (κ2) is 6.49. The fourth-order valence-electron chi connectivity index (χ4n) is 3.60. The van der Waals surface area contributed by atoms with E-state index in [1.54, 1.807) is 24.3 Å². The Morgan fingerprint density at radius 3 is 2.48 bits per heavy atom. The summed E-state index contributed by atoms with van der Waals surface area (Å²) < 4.78 is 5.85. The summed E-state index contributed by atoms with van der Waals surface area (Å²) in [7, 11) is 0. The number of amides is 1. The van der Waals surface area contributed by atoms with E-state index in [1.807, 2.05) is 0 Å². The zero-order chi connectivity index (χ0) is 16.4. The van der Waals surface area contributed by atoms with Gasteiger partial charge in [-0.15, -0.1) is 0 Å². The highest BCUT2D eigenvalue weighted by molar-refractivity contribution is 6.30. The number of hydrogen-bond donors (Lipinski definition) is 1. The summed E-state index contributed by atoms with van der Waals surface area (Å²) in [6.45, 7) is 0.0711. The van der Waals surface area contributed by atoms with E-state index in [0.29, 0.717) is 17.9 Å². The number of carbonyl (C=O) groups is 2. The van der Waals surface area contributed by atoms with Crippen molar-refractivity contribution in [3.63, 3.8) is 0 Å². The summed E-state index contributed by atoms with van der Waals surface area (Å²) in [5.74, 6) is -1.20. The Labute approximate surface area is 140 Å². The Morgan fingerprint density at radius 1 is 1.22 bits per heavy atom. The minimum atomic E-state index is -1.00. The van der Waals surface area contributed by atoms with Gasteiger partial charge in [-0.3, -0.25) is 9.69 Å². The van der Waals surface area contributed by atoms with Crippen molar-refractivity contribution < 1.29 is 19.4 Å². The maximum Gasteiger partial charge on any atom is 0.328 e. The molecular weight excluding hydrogens is 318 g/mol. The molecule has 0 bridgehead atoms. The van der Waals surface area contributed by atoms with Crippen LogP contribution in [-0.2, 0) is 20.7 Å². The van der Waals surface area contributed by atoms with Crippen LogP contribution in [-0.4, -0.2) is 40.3 Å². The molecule has 2 fully saturated rings. The number of carbonyl (C=O) groups excluding carboxylic acids is 1. The number of halogens is 1. The van der Waals surface area contributed by atoms with Gasteiger partial charge in [0.05, 0.1) is 13.0 Å². The van der Waals surface area contributed by atoms with E-state index in [-0.39, 0.29) is 18.9 Å². The average Bonchev–Trinajstić information content (AvgIpc) is 2.89. The third-order valence-electron chi connectivity index (χ3n) is 4.72. The molecule has 3 rings (SSSR count). The second-order valence-electron chi connectivity index (χ2n) is 6.24. The number of carboxylic acid groups (broad SMARTS) is 1. The van der Waals surface area contributed by atoms with E-state index in [9.17, 15) is 14.7 Å². The first-order valence-electron chi connectivity index (χ1n) is 7.95. The Kier molecular flexibility index (Phi) is 4.60. The monoisotopic (exact) mass is 337 g/mol. The van der Waals surface area contributed by atoms with Gasteiger partial charge in [-0.25, -0.2) is 4.79 Å². The van der Waals surface area contributed by atoms with Crippen LogP contribution in [0.1, 0.15) is 37.7 Å². The predicted molar refractivity (Wildman–Crippen MR) is 85.2 cm³/mol. The molecule has 1 amide bonds. The van der Waals surface area contributed by atoms with Gasteiger partial charge >= 0.3 is 5.97 Å². The molecule has 1 spiro atoms. The molecule has 1 saturated carbocycles. The quantitative estimate of drug-likeness (QED) is 0.921. The molecule has 0 unspecified atom stereocenters. The van der Waals surface area contributed by atoms with Gasteiger partial charge in [0.25, 0.3) is 0 Å². The van der Waals surface area contributed by atoms with E-state index in [1.165, 1.54) is 4.90 Å². The van der Waals surface area contributed by atoms with Crippen LogP contribution in [0.4, 0.5) is 0 Å². The molecule has 1 heterocycles. The highest BCUT2D eigenvalue weighted by Gasteiger charge is 2.52. The summed E-state index contributed by atoms with van der Waals surface area (Å²) >= 11 is 5.86. The van der Waals surface area contributed by atoms with E-state index in [0.717, 1.165) is 24.8 Å². The Bertz CT molecular complexity index is 595. The third kappa shape index (κ3) is 3.21. The van der Waals surface area contributed by atoms with Crippen molar-refractivity contribution in [2.24, 2.45) is 0 Å². The van der Waals surface area contributed by atoms with Crippen molar-refractivity contribution in [1.29, 1.82) is 0 Å². The highest BCUT2D eigenvalue weighted by atomic mass is 35.5. The summed E-state index contributed by atoms with van der Waals surface area (Å²) in [6, 6.07) is 6.15. The van der Waals surface area contributed by atoms with Gasteiger partial charge in [-0.05, 0) is 43.4 Å². The lowest BCUT2D eigenvalue weighted by Crippen LogP contribution is -2.55. The number of nitrogens with zero attached hydrogens (tertiary/aromatic N) is 1. The van der Waals surface area contributed by atoms with Gasteiger partial charge in [-0.2, -0.15) is 0 Å².